The van der Waals surface area contributed by atoms with Gasteiger partial charge in [-0.1, -0.05) is 6.58 Å². The molecule has 0 atom stereocenters. The normalized spacial score (nSPS) is 9.42. The van der Waals surface area contributed by atoms with Crippen molar-refractivity contribution in [1.29, 1.82) is 0 Å². The molecule has 6 heteroatoms. The Balaban J connectivity index is 2.56. The van der Waals surface area contributed by atoms with E-state index in [4.69, 9.17) is 11.2 Å². The molecule has 0 aliphatic heterocycles. The van der Waals surface area contributed by atoms with Crippen LogP contribution in [0.1, 0.15) is 10.4 Å². The van der Waals surface area contributed by atoms with Gasteiger partial charge in [0.25, 0.3) is 5.69 Å². The molecule has 0 bridgehead atoms. The number of carbonyl (C=O) groups excluding carboxylic acids is 1. The van der Waals surface area contributed by atoms with Crippen molar-refractivity contribution in [2.75, 3.05) is 13.1 Å². The Morgan fingerprint density at radius 3 is 2.63 bits per heavy atom. The van der Waals surface area contributed by atoms with Gasteiger partial charge in [0.05, 0.1) is 10.5 Å². The summed E-state index contributed by atoms with van der Waals surface area (Å²) < 4.78 is 4.98. The van der Waals surface area contributed by atoms with E-state index in [2.05, 4.69) is 12.5 Å². The highest BCUT2D eigenvalue weighted by Crippen LogP contribution is 2.13. The van der Waals surface area contributed by atoms with Crippen molar-refractivity contribution < 1.29 is 19.8 Å². The smallest absolute Gasteiger partial charge is 0.343 e. The van der Waals surface area contributed by atoms with Crippen LogP contribution in [-0.2, 0) is 4.74 Å². The number of esters is 1. The molecule has 0 saturated heterocycles. The Hall–Kier alpha value is -2.65. The summed E-state index contributed by atoms with van der Waals surface area (Å²) in [5.41, 5.74) is 0.140. The van der Waals surface area contributed by atoms with Crippen molar-refractivity contribution in [1.82, 2.24) is 0 Å². The minimum absolute atomic E-state index is 0.0854. The molecule has 0 unspecified atom stereocenters. The van der Waals surface area contributed by atoms with Gasteiger partial charge in [0.15, 0.2) is 5.76 Å². The first-order chi connectivity index (χ1) is 9.04. The number of non-ortho nitro benzene ring substituents is 1. The summed E-state index contributed by atoms with van der Waals surface area (Å²) in [5, 5.41) is 12.2. The Labute approximate surface area is 110 Å². The first-order valence-corrected chi connectivity index (χ1v) is 5.44. The van der Waals surface area contributed by atoms with Crippen LogP contribution in [0.25, 0.3) is 0 Å². The fourth-order valence-electron chi connectivity index (χ4n) is 1.27. The van der Waals surface area contributed by atoms with Crippen molar-refractivity contribution in [2.45, 2.75) is 0 Å². The Morgan fingerprint density at radius 2 is 2.11 bits per heavy atom. The van der Waals surface area contributed by atoms with Gasteiger partial charge in [-0.3, -0.25) is 10.1 Å². The number of ether oxygens (including phenoxy) is 1. The van der Waals surface area contributed by atoms with Gasteiger partial charge in [-0.2, -0.15) is 0 Å². The minimum atomic E-state index is -0.603. The van der Waals surface area contributed by atoms with E-state index < -0.39 is 10.9 Å². The van der Waals surface area contributed by atoms with E-state index in [1.165, 1.54) is 24.3 Å². The molecule has 1 aromatic carbocycles. The number of carbonyl (C=O) groups is 1. The number of nitro groups is 1. The first-order valence-electron chi connectivity index (χ1n) is 5.44. The summed E-state index contributed by atoms with van der Waals surface area (Å²) in [7, 11) is 0. The van der Waals surface area contributed by atoms with Crippen LogP contribution in [0.4, 0.5) is 5.69 Å². The zero-order chi connectivity index (χ0) is 14.3. The summed E-state index contributed by atoms with van der Waals surface area (Å²) in [6, 6.07) is 5.14. The maximum absolute atomic E-state index is 11.7. The lowest BCUT2D eigenvalue weighted by atomic mass is 10.2. The predicted octanol–water partition coefficient (Wildman–Crippen LogP) is 0.462. The Morgan fingerprint density at radius 1 is 1.47 bits per heavy atom. The molecule has 0 fully saturated rings. The molecule has 0 aliphatic rings. The number of terminal acetylenes is 1. The van der Waals surface area contributed by atoms with E-state index in [1.807, 2.05) is 0 Å². The second-order valence-electron chi connectivity index (χ2n) is 3.63. The summed E-state index contributed by atoms with van der Waals surface area (Å²) in [6.45, 7) is 4.43. The zero-order valence-electron chi connectivity index (χ0n) is 10.2. The van der Waals surface area contributed by atoms with Gasteiger partial charge in [0.1, 0.15) is 13.1 Å². The number of rotatable bonds is 6. The minimum Gasteiger partial charge on any atom is -0.422 e. The highest BCUT2D eigenvalue weighted by molar-refractivity contribution is 5.90. The SMILES string of the molecule is C#CC[NH2+]CC(=C)OC(=O)c1ccc([N+](=O)[O-])cc1. The lowest BCUT2D eigenvalue weighted by Crippen LogP contribution is -2.84. The van der Waals surface area contributed by atoms with Crippen LogP contribution in [0.2, 0.25) is 0 Å². The van der Waals surface area contributed by atoms with Gasteiger partial charge in [0, 0.05) is 12.1 Å². The lowest BCUT2D eigenvalue weighted by molar-refractivity contribution is -0.639. The molecular weight excluding hydrogens is 248 g/mol. The zero-order valence-corrected chi connectivity index (χ0v) is 10.2. The van der Waals surface area contributed by atoms with Gasteiger partial charge in [0.2, 0.25) is 0 Å². The highest BCUT2D eigenvalue weighted by atomic mass is 16.6. The van der Waals surface area contributed by atoms with E-state index in [0.29, 0.717) is 13.1 Å². The van der Waals surface area contributed by atoms with Gasteiger partial charge >= 0.3 is 5.97 Å². The molecule has 0 amide bonds. The average Bonchev–Trinajstić information content (AvgIpc) is 2.39. The molecule has 0 saturated carbocycles. The fraction of sp³-hybridized carbons (Fsp3) is 0.154. The standard InChI is InChI=1S/C13H12N2O4/c1-3-8-14-9-10(2)19-13(16)11-4-6-12(7-5-11)15(17)18/h1,4-7,14H,2,8-9H2/p+1. The molecule has 19 heavy (non-hydrogen) atoms. The van der Waals surface area contributed by atoms with Crippen LogP contribution in [0.5, 0.6) is 0 Å². The topological polar surface area (TPSA) is 86.0 Å². The fourth-order valence-corrected chi connectivity index (χ4v) is 1.27. The molecule has 0 aromatic heterocycles. The van der Waals surface area contributed by atoms with Gasteiger partial charge < -0.3 is 10.1 Å². The molecule has 1 rings (SSSR count). The Kier molecular flexibility index (Phi) is 5.26. The van der Waals surface area contributed by atoms with Crippen LogP contribution in [0.3, 0.4) is 0 Å². The van der Waals surface area contributed by atoms with Crippen LogP contribution in [0.15, 0.2) is 36.6 Å². The number of nitro benzene ring substituents is 1. The molecule has 0 radical (unpaired) electrons. The van der Waals surface area contributed by atoms with E-state index >= 15 is 0 Å². The average molecular weight is 261 g/mol. The summed E-state index contributed by atoms with van der Waals surface area (Å²) in [4.78, 5) is 21.6. The largest absolute Gasteiger partial charge is 0.422 e. The number of nitrogens with zero attached hydrogens (tertiary/aromatic N) is 1. The Bertz CT molecular complexity index is 529. The van der Waals surface area contributed by atoms with Crippen molar-refractivity contribution in [3.05, 3.63) is 52.3 Å². The number of hydrogen-bond acceptors (Lipinski definition) is 4. The van der Waals surface area contributed by atoms with E-state index in [9.17, 15) is 14.9 Å². The van der Waals surface area contributed by atoms with Crippen molar-refractivity contribution in [2.24, 2.45) is 0 Å². The quantitative estimate of drug-likeness (QED) is 0.201. The van der Waals surface area contributed by atoms with Crippen LogP contribution >= 0.6 is 0 Å². The second kappa shape index (κ2) is 6.93. The van der Waals surface area contributed by atoms with Crippen molar-refractivity contribution in [3.63, 3.8) is 0 Å². The molecule has 0 spiro atoms. The third-order valence-corrected chi connectivity index (χ3v) is 2.19. The molecule has 6 nitrogen and oxygen atoms in total. The molecule has 0 heterocycles. The lowest BCUT2D eigenvalue weighted by Gasteiger charge is -2.05. The summed E-state index contributed by atoms with van der Waals surface area (Å²) in [5.74, 6) is 2.10. The maximum atomic E-state index is 11.7. The third-order valence-electron chi connectivity index (χ3n) is 2.19. The van der Waals surface area contributed by atoms with E-state index in [1.54, 1.807) is 5.32 Å². The van der Waals surface area contributed by atoms with E-state index in [0.717, 1.165) is 0 Å². The first kappa shape index (κ1) is 14.4. The molecule has 1 aromatic rings. The number of quaternary nitrogens is 1. The third kappa shape index (κ3) is 4.61. The van der Waals surface area contributed by atoms with Gasteiger partial charge in [-0.15, -0.1) is 6.42 Å². The van der Waals surface area contributed by atoms with Crippen LogP contribution in [0, 0.1) is 22.5 Å². The van der Waals surface area contributed by atoms with Gasteiger partial charge in [-0.25, -0.2) is 4.79 Å². The monoisotopic (exact) mass is 261 g/mol. The summed E-state index contributed by atoms with van der Waals surface area (Å²) in [6.07, 6.45) is 5.07. The van der Waals surface area contributed by atoms with Crippen molar-refractivity contribution >= 4 is 11.7 Å². The number of benzene rings is 1. The molecule has 2 N–H and O–H groups in total. The molecule has 98 valence electrons. The molecular formula is C13H13N2O4+. The number of nitrogens with two attached hydrogens (primary N) is 1. The highest BCUT2D eigenvalue weighted by Gasteiger charge is 2.12. The van der Waals surface area contributed by atoms with Crippen LogP contribution in [-0.4, -0.2) is 24.0 Å². The predicted molar refractivity (Wildman–Crippen MR) is 68.1 cm³/mol. The van der Waals surface area contributed by atoms with Gasteiger partial charge in [-0.05, 0) is 18.1 Å². The van der Waals surface area contributed by atoms with Crippen molar-refractivity contribution in [3.8, 4) is 12.3 Å². The molecule has 0 aliphatic carbocycles. The van der Waals surface area contributed by atoms with Crippen LogP contribution < -0.4 is 5.32 Å². The van der Waals surface area contributed by atoms with E-state index in [-0.39, 0.29) is 17.0 Å². The summed E-state index contributed by atoms with van der Waals surface area (Å²) >= 11 is 0. The maximum Gasteiger partial charge on any atom is 0.343 e. The second-order valence-corrected chi connectivity index (χ2v) is 3.63. The number of hydrogen-bond donors (Lipinski definition) is 1.